The molecule has 0 spiro atoms. The summed E-state index contributed by atoms with van der Waals surface area (Å²) in [7, 11) is -4.64. The van der Waals surface area contributed by atoms with Gasteiger partial charge < -0.3 is 4.90 Å². The zero-order valence-corrected chi connectivity index (χ0v) is 10.3. The first-order chi connectivity index (χ1) is 8.47. The van der Waals surface area contributed by atoms with Gasteiger partial charge in [-0.2, -0.15) is 8.42 Å². The predicted octanol–water partition coefficient (Wildman–Crippen LogP) is -0.0807. The van der Waals surface area contributed by atoms with E-state index in [9.17, 15) is 17.1 Å². The van der Waals surface area contributed by atoms with E-state index in [0.717, 1.165) is 5.56 Å². The number of carbonyl (C=O) groups excluding carboxylic acids is 1. The van der Waals surface area contributed by atoms with Gasteiger partial charge in [0, 0.05) is 31.9 Å². The molecule has 0 bridgehead atoms. The average molecular weight is 273 g/mol. The van der Waals surface area contributed by atoms with Gasteiger partial charge in [0.2, 0.25) is 5.91 Å². The smallest absolute Gasteiger partial charge is 0.307 e. The molecule has 1 aromatic rings. The van der Waals surface area contributed by atoms with Crippen LogP contribution in [0.1, 0.15) is 12.0 Å². The molecule has 98 valence electrons. The summed E-state index contributed by atoms with van der Waals surface area (Å²) in [5, 5.41) is -1.22. The number of hydrogen-bond donors (Lipinski definition) is 0. The molecule has 1 aliphatic heterocycles. The minimum absolute atomic E-state index is 0.0780. The Kier molecular flexibility index (Phi) is 3.55. The van der Waals surface area contributed by atoms with Crippen molar-refractivity contribution in [2.24, 2.45) is 0 Å². The summed E-state index contributed by atoms with van der Waals surface area (Å²) >= 11 is 0. The van der Waals surface area contributed by atoms with E-state index in [1.165, 1.54) is 11.2 Å². The molecule has 1 fully saturated rings. The van der Waals surface area contributed by atoms with Crippen molar-refractivity contribution in [2.75, 3.05) is 13.1 Å². The molecule has 2 heterocycles. The first kappa shape index (κ1) is 12.9. The van der Waals surface area contributed by atoms with Crippen molar-refractivity contribution < 1.29 is 17.1 Å². The maximum atomic E-state index is 12.8. The van der Waals surface area contributed by atoms with Gasteiger partial charge in [-0.1, -0.05) is 0 Å². The molecular formula is C10H12FN3O3S. The third-order valence-corrected chi connectivity index (χ3v) is 3.97. The minimum Gasteiger partial charge on any atom is -0.341 e. The molecular weight excluding hydrogens is 261 g/mol. The number of aromatic nitrogens is 2. The Hall–Kier alpha value is -1.57. The quantitative estimate of drug-likeness (QED) is 0.717. The van der Waals surface area contributed by atoms with E-state index in [1.54, 1.807) is 12.4 Å². The Morgan fingerprint density at radius 2 is 2.06 bits per heavy atom. The average Bonchev–Trinajstić information content (AvgIpc) is 2.69. The van der Waals surface area contributed by atoms with Crippen LogP contribution in [0.2, 0.25) is 0 Å². The molecule has 1 aromatic heterocycles. The topological polar surface area (TPSA) is 80.2 Å². The lowest BCUT2D eigenvalue weighted by Crippen LogP contribution is -2.29. The van der Waals surface area contributed by atoms with Crippen LogP contribution in [-0.2, 0) is 21.4 Å². The lowest BCUT2D eigenvalue weighted by Gasteiger charge is -2.15. The Balaban J connectivity index is 1.94. The Bertz CT molecular complexity index is 535. The van der Waals surface area contributed by atoms with E-state index in [-0.39, 0.29) is 18.9 Å². The van der Waals surface area contributed by atoms with Gasteiger partial charge in [-0.25, -0.2) is 9.97 Å². The van der Waals surface area contributed by atoms with Crippen molar-refractivity contribution >= 4 is 16.1 Å². The van der Waals surface area contributed by atoms with Gasteiger partial charge in [0.05, 0.1) is 0 Å². The molecule has 0 aromatic carbocycles. The molecule has 0 aliphatic carbocycles. The summed E-state index contributed by atoms with van der Waals surface area (Å²) in [6.07, 6.45) is 4.89. The maximum Gasteiger partial charge on any atom is 0.307 e. The summed E-state index contributed by atoms with van der Waals surface area (Å²) in [6.45, 7) is 0.267. The minimum atomic E-state index is -4.64. The highest BCUT2D eigenvalue weighted by molar-refractivity contribution is 7.87. The summed E-state index contributed by atoms with van der Waals surface area (Å²) in [6, 6.07) is 0. The number of rotatable bonds is 4. The molecule has 2 rings (SSSR count). The van der Waals surface area contributed by atoms with Gasteiger partial charge in [0.25, 0.3) is 0 Å². The van der Waals surface area contributed by atoms with Gasteiger partial charge >= 0.3 is 10.2 Å². The van der Waals surface area contributed by atoms with Crippen molar-refractivity contribution in [3.63, 3.8) is 0 Å². The largest absolute Gasteiger partial charge is 0.341 e. The molecule has 1 saturated heterocycles. The second kappa shape index (κ2) is 4.97. The van der Waals surface area contributed by atoms with Crippen molar-refractivity contribution in [3.05, 3.63) is 24.3 Å². The molecule has 0 radical (unpaired) electrons. The van der Waals surface area contributed by atoms with Gasteiger partial charge in [-0.05, 0) is 12.0 Å². The van der Waals surface area contributed by atoms with Gasteiger partial charge in [0.1, 0.15) is 11.6 Å². The normalized spacial score (nSPS) is 20.4. The highest BCUT2D eigenvalue weighted by Crippen LogP contribution is 2.19. The fraction of sp³-hybridized carbons (Fsp3) is 0.500. The molecule has 8 heteroatoms. The van der Waals surface area contributed by atoms with Gasteiger partial charge in [0.15, 0.2) is 0 Å². The Labute approximate surface area is 104 Å². The SMILES string of the molecule is O=C1CC(S(=O)(=O)F)CN1CCc1cncnc1. The zero-order valence-electron chi connectivity index (χ0n) is 9.49. The van der Waals surface area contributed by atoms with E-state index >= 15 is 0 Å². The van der Waals surface area contributed by atoms with Crippen LogP contribution in [0.3, 0.4) is 0 Å². The fourth-order valence-electron chi connectivity index (χ4n) is 1.86. The molecule has 0 saturated carbocycles. The number of nitrogens with zero attached hydrogens (tertiary/aromatic N) is 3. The molecule has 18 heavy (non-hydrogen) atoms. The third-order valence-electron chi connectivity index (χ3n) is 2.86. The van der Waals surface area contributed by atoms with Crippen LogP contribution in [0.5, 0.6) is 0 Å². The van der Waals surface area contributed by atoms with Crippen molar-refractivity contribution in [1.29, 1.82) is 0 Å². The van der Waals surface area contributed by atoms with Crippen molar-refractivity contribution in [1.82, 2.24) is 14.9 Å². The van der Waals surface area contributed by atoms with Crippen LogP contribution in [0, 0.1) is 0 Å². The Morgan fingerprint density at radius 1 is 1.39 bits per heavy atom. The van der Waals surface area contributed by atoms with Gasteiger partial charge in [-0.3, -0.25) is 4.79 Å². The van der Waals surface area contributed by atoms with Crippen LogP contribution >= 0.6 is 0 Å². The lowest BCUT2D eigenvalue weighted by atomic mass is 10.2. The fourth-order valence-corrected chi connectivity index (χ4v) is 2.56. The first-order valence-corrected chi connectivity index (χ1v) is 6.86. The third kappa shape index (κ3) is 3.00. The number of hydrogen-bond acceptors (Lipinski definition) is 5. The van der Waals surface area contributed by atoms with Crippen molar-refractivity contribution in [2.45, 2.75) is 18.1 Å². The summed E-state index contributed by atoms with van der Waals surface area (Å²) in [4.78, 5) is 20.5. The van der Waals surface area contributed by atoms with E-state index in [1.807, 2.05) is 0 Å². The first-order valence-electron chi connectivity index (χ1n) is 5.42. The van der Waals surface area contributed by atoms with E-state index in [4.69, 9.17) is 0 Å². The molecule has 1 amide bonds. The van der Waals surface area contributed by atoms with E-state index in [2.05, 4.69) is 9.97 Å². The summed E-state index contributed by atoms with van der Waals surface area (Å²) in [5.41, 5.74) is 0.844. The van der Waals surface area contributed by atoms with Crippen LogP contribution in [0.25, 0.3) is 0 Å². The monoisotopic (exact) mass is 273 g/mol. The molecule has 1 aliphatic rings. The maximum absolute atomic E-state index is 12.8. The summed E-state index contributed by atoms with van der Waals surface area (Å²) in [5.74, 6) is -0.335. The van der Waals surface area contributed by atoms with Crippen LogP contribution in [0.15, 0.2) is 18.7 Å². The van der Waals surface area contributed by atoms with E-state index in [0.29, 0.717) is 13.0 Å². The van der Waals surface area contributed by atoms with Crippen molar-refractivity contribution in [3.8, 4) is 0 Å². The second-order valence-electron chi connectivity index (χ2n) is 4.14. The zero-order chi connectivity index (χ0) is 13.2. The highest BCUT2D eigenvalue weighted by Gasteiger charge is 2.37. The summed E-state index contributed by atoms with van der Waals surface area (Å²) < 4.78 is 34.2. The number of amides is 1. The Morgan fingerprint density at radius 3 is 2.61 bits per heavy atom. The standard InChI is InChI=1S/C10H12FN3O3S/c11-18(16,17)9-3-10(15)14(6-9)2-1-8-4-12-7-13-5-8/h4-5,7,9H,1-3,6H2. The van der Waals surface area contributed by atoms with Gasteiger partial charge in [-0.15, -0.1) is 3.89 Å². The molecule has 1 atom stereocenters. The molecule has 6 nitrogen and oxygen atoms in total. The highest BCUT2D eigenvalue weighted by atomic mass is 32.3. The van der Waals surface area contributed by atoms with Crippen LogP contribution in [0.4, 0.5) is 3.89 Å². The van der Waals surface area contributed by atoms with E-state index < -0.39 is 15.5 Å². The number of carbonyl (C=O) groups is 1. The number of halogens is 1. The lowest BCUT2D eigenvalue weighted by molar-refractivity contribution is -0.127. The molecule has 1 unspecified atom stereocenters. The van der Waals surface area contributed by atoms with Crippen LogP contribution in [-0.4, -0.2) is 47.5 Å². The number of likely N-dealkylation sites (tertiary alicyclic amines) is 1. The van der Waals surface area contributed by atoms with Crippen LogP contribution < -0.4 is 0 Å². The molecule has 0 N–H and O–H groups in total. The second-order valence-corrected chi connectivity index (χ2v) is 5.76. The predicted molar refractivity (Wildman–Crippen MR) is 60.7 cm³/mol.